The quantitative estimate of drug-likeness (QED) is 0.0438. The Morgan fingerprint density at radius 3 is 1.47 bits per heavy atom. The minimum Gasteiger partial charge on any atom is -0.459 e. The molecule has 0 N–H and O–H groups in total. The molecule has 10 aromatic rings. The number of carbonyl (C=O) groups is 4. The zero-order valence-corrected chi connectivity index (χ0v) is 71.0. The predicted octanol–water partition coefficient (Wildman–Crippen LogP) is 25.4. The minimum atomic E-state index is -0.807. The molecule has 0 saturated heterocycles. The van der Waals surface area contributed by atoms with Crippen molar-refractivity contribution in [1.29, 1.82) is 0 Å². The minimum absolute atomic E-state index is 0.178. The largest absolute Gasteiger partial charge is 0.514 e. The van der Waals surface area contributed by atoms with Gasteiger partial charge in [0.2, 0.25) is 11.4 Å². The van der Waals surface area contributed by atoms with E-state index in [1.54, 1.807) is 72.8 Å². The van der Waals surface area contributed by atoms with Crippen molar-refractivity contribution in [2.45, 2.75) is 189 Å². The number of anilines is 2. The summed E-state index contributed by atoms with van der Waals surface area (Å²) in [5, 5.41) is 3.00. The molecule has 3 saturated carbocycles. The van der Waals surface area contributed by atoms with Crippen LogP contribution in [0.3, 0.4) is 0 Å². The molecule has 0 aromatic heterocycles. The number of benzene rings is 10. The van der Waals surface area contributed by atoms with Gasteiger partial charge in [0.25, 0.3) is 0 Å². The molecule has 4 aliphatic heterocycles. The van der Waals surface area contributed by atoms with Crippen LogP contribution < -0.4 is 38.2 Å². The van der Waals surface area contributed by atoms with Gasteiger partial charge >= 0.3 is 24.1 Å². The van der Waals surface area contributed by atoms with E-state index in [0.29, 0.717) is 84.7 Å². The van der Waals surface area contributed by atoms with Crippen LogP contribution in [0.4, 0.5) is 27.5 Å². The lowest BCUT2D eigenvalue weighted by atomic mass is 9.47. The first kappa shape index (κ1) is 81.8. The molecule has 2 spiro atoms. The molecule has 4 heterocycles. The van der Waals surface area contributed by atoms with Gasteiger partial charge in [-0.25, -0.2) is 19.2 Å². The normalized spacial score (nSPS) is 24.2. The smallest absolute Gasteiger partial charge is 0.459 e. The fraction of sp³-hybridized carbons (Fsp3) is 0.379. The van der Waals surface area contributed by atoms with E-state index in [4.69, 9.17) is 43.1 Å². The van der Waals surface area contributed by atoms with Crippen LogP contribution in [0.15, 0.2) is 234 Å². The van der Waals surface area contributed by atoms with Crippen LogP contribution in [0.2, 0.25) is 0 Å². The lowest BCUT2D eigenvalue weighted by molar-refractivity contribution is -0.0597. The van der Waals surface area contributed by atoms with Crippen molar-refractivity contribution >= 4 is 80.8 Å². The number of likely N-dealkylation sites (N-methyl/N-ethyl adjacent to an activating group) is 2. The van der Waals surface area contributed by atoms with Crippen molar-refractivity contribution in [3.63, 3.8) is 0 Å². The van der Waals surface area contributed by atoms with Crippen molar-refractivity contribution in [2.75, 3.05) is 23.9 Å². The molecular formula is C103H112N4O11. The second kappa shape index (κ2) is 32.9. The molecule has 10 atom stereocenters. The first-order valence-electron chi connectivity index (χ1n) is 42.7. The van der Waals surface area contributed by atoms with Crippen LogP contribution in [0, 0.1) is 46.3 Å². The number of rotatable bonds is 14. The van der Waals surface area contributed by atoms with E-state index in [9.17, 15) is 19.2 Å². The molecule has 15 heteroatoms. The van der Waals surface area contributed by atoms with E-state index in [0.717, 1.165) is 88.5 Å². The molecule has 3 fully saturated rings. The first-order valence-corrected chi connectivity index (χ1v) is 42.7. The Bertz CT molecular complexity index is 5520. The standard InChI is InChI=1S/C57H68N2O6.C42H32N2O5.2C2H6/c1-35(2)13-11-14-36(3)45-26-27-46-44-24-19-37-33-40(29-31-55(37,6)47(44)30-32-56(45,46)7)64-53(61)63-39-22-20-38(21-23-39)62-52(60)43-16-12-15-42-41(43)25-28-50-51(42)58-34-57(65-50)54(4,5)48-17-9-10-18-49(48)59(57)8;1-41(2)35-14-7-8-15-36(35)44(3)42(41)26-43-38-33-12-9-13-34(32(33)24-25-37(38)49-42)40(46)48-31-22-20-30(21-23-31)47-39(45)29-18-16-28(17-19-29)27-10-5-4-6-11-27;2*1-2/h9-10,12,15-23,25,28,34-36,40,44-47H,11,13-14,24,26-27,29-33H2,1-8H3;4-26H,1-3H3;2*1-2H3/t36-,40+,44+,45-,46+,47+,55+,56-,57?;;;/m1.../s1. The van der Waals surface area contributed by atoms with Gasteiger partial charge in [-0.05, 0) is 261 Å². The summed E-state index contributed by atoms with van der Waals surface area (Å²) in [5.74, 6) is 5.89. The first-order chi connectivity index (χ1) is 56.9. The molecule has 18 rings (SSSR count). The summed E-state index contributed by atoms with van der Waals surface area (Å²) in [6.07, 6.45) is 18.8. The third-order valence-corrected chi connectivity index (χ3v) is 27.6. The zero-order chi connectivity index (χ0) is 83.2. The highest BCUT2D eigenvalue weighted by Crippen LogP contribution is 2.68. The SMILES string of the molecule is CC.CC.CC(C)CCC[C@@H](C)[C@H]1CC[C@H]2[C@@H]3CC=C4C[C@@H](OC(=O)Oc5ccc(OC(=O)c6cccc7c8c(ccc67)OC6(C=N8)N(C)c7ccccc7C6(C)C)cc5)CC[C@]4(C)[C@H]3CC[C@]12C.CN1c2ccccc2C(C)(C)C12C=Nc1c(ccc3c(C(=O)Oc4ccc(OC(=O)c5ccc(-c6ccccc6)cc5)cc4)cccc13)O2. The lowest BCUT2D eigenvalue weighted by Gasteiger charge is -2.58. The van der Waals surface area contributed by atoms with E-state index in [1.807, 2.05) is 163 Å². The van der Waals surface area contributed by atoms with Crippen LogP contribution in [-0.2, 0) is 15.6 Å². The predicted molar refractivity (Wildman–Crippen MR) is 473 cm³/mol. The number of allylic oxidation sites excluding steroid dienone is 1. The van der Waals surface area contributed by atoms with Crippen LogP contribution in [0.1, 0.15) is 203 Å². The Balaban J connectivity index is 0.000000184. The number of nitrogens with zero attached hydrogens (tertiary/aromatic N) is 4. The summed E-state index contributed by atoms with van der Waals surface area (Å²) in [4.78, 5) is 67.3. The van der Waals surface area contributed by atoms with Gasteiger partial charge in [-0.1, -0.05) is 196 Å². The Morgan fingerprint density at radius 2 is 0.958 bits per heavy atom. The maximum Gasteiger partial charge on any atom is 0.514 e. The third-order valence-electron chi connectivity index (χ3n) is 27.6. The van der Waals surface area contributed by atoms with E-state index in [2.05, 4.69) is 109 Å². The molecule has 610 valence electrons. The molecule has 8 aliphatic rings. The van der Waals surface area contributed by atoms with Crippen LogP contribution in [-0.4, -0.2) is 68.1 Å². The number of hydrogen-bond donors (Lipinski definition) is 0. The topological polar surface area (TPSA) is 164 Å². The van der Waals surface area contributed by atoms with Crippen LogP contribution in [0.25, 0.3) is 32.7 Å². The number of hydrogen-bond acceptors (Lipinski definition) is 15. The molecule has 4 aliphatic carbocycles. The molecule has 0 amide bonds. The Kier molecular flexibility index (Phi) is 22.8. The number of esters is 3. The number of aliphatic imine (C=N–C) groups is 2. The number of ether oxygens (including phenoxy) is 7. The van der Waals surface area contributed by atoms with Gasteiger partial charge < -0.3 is 43.0 Å². The number of para-hydroxylation sites is 2. The monoisotopic (exact) mass is 1580 g/mol. The van der Waals surface area contributed by atoms with Crippen LogP contribution in [0.5, 0.6) is 34.5 Å². The van der Waals surface area contributed by atoms with Crippen molar-refractivity contribution in [3.8, 4) is 45.6 Å². The van der Waals surface area contributed by atoms with Crippen molar-refractivity contribution in [1.82, 2.24) is 0 Å². The summed E-state index contributed by atoms with van der Waals surface area (Å²) < 4.78 is 42.5. The van der Waals surface area contributed by atoms with Crippen molar-refractivity contribution in [3.05, 3.63) is 252 Å². The van der Waals surface area contributed by atoms with E-state index in [-0.39, 0.29) is 22.3 Å². The highest BCUT2D eigenvalue weighted by atomic mass is 16.7. The summed E-state index contributed by atoms with van der Waals surface area (Å²) in [6, 6.07) is 65.4. The summed E-state index contributed by atoms with van der Waals surface area (Å²) in [5.41, 5.74) is 9.05. The number of carbonyl (C=O) groups excluding carboxylic acids is 4. The average Bonchev–Trinajstić information content (AvgIpc) is 1.39. The van der Waals surface area contributed by atoms with E-state index >= 15 is 0 Å². The molecule has 15 nitrogen and oxygen atoms in total. The zero-order valence-electron chi connectivity index (χ0n) is 71.0. The van der Waals surface area contributed by atoms with Gasteiger partial charge in [-0.3, -0.25) is 9.98 Å². The Labute approximate surface area is 695 Å². The maximum atomic E-state index is 13.7. The van der Waals surface area contributed by atoms with Gasteiger partial charge in [-0.15, -0.1) is 0 Å². The van der Waals surface area contributed by atoms with Gasteiger partial charge in [0.1, 0.15) is 52.0 Å². The van der Waals surface area contributed by atoms with Crippen LogP contribution >= 0.6 is 0 Å². The fourth-order valence-electron chi connectivity index (χ4n) is 21.3. The third kappa shape index (κ3) is 14.5. The molecule has 10 aromatic carbocycles. The molecule has 118 heavy (non-hydrogen) atoms. The summed E-state index contributed by atoms with van der Waals surface area (Å²) >= 11 is 0. The van der Waals surface area contributed by atoms with Gasteiger partial charge in [0.05, 0.1) is 39.9 Å². The van der Waals surface area contributed by atoms with Gasteiger partial charge in [0.15, 0.2) is 0 Å². The summed E-state index contributed by atoms with van der Waals surface area (Å²) in [6.45, 7) is 29.1. The highest BCUT2D eigenvalue weighted by molar-refractivity contribution is 6.11. The molecule has 0 radical (unpaired) electrons. The lowest BCUT2D eigenvalue weighted by Crippen LogP contribution is -2.61. The van der Waals surface area contributed by atoms with Gasteiger partial charge in [0, 0.05) is 42.7 Å². The molecular weight excluding hydrogens is 1470 g/mol. The Hall–Kier alpha value is -11.3. The highest BCUT2D eigenvalue weighted by Gasteiger charge is 2.62. The molecule has 0 bridgehead atoms. The van der Waals surface area contributed by atoms with E-state index in [1.165, 1.54) is 61.6 Å². The average molecular weight is 1580 g/mol. The second-order valence-corrected chi connectivity index (χ2v) is 34.8. The van der Waals surface area contributed by atoms with Crippen molar-refractivity contribution < 1.29 is 52.3 Å². The number of fused-ring (bicyclic) bond motifs is 13. The second-order valence-electron chi connectivity index (χ2n) is 34.8. The molecule has 2 unspecified atom stereocenters. The van der Waals surface area contributed by atoms with E-state index < -0.39 is 35.5 Å². The maximum absolute atomic E-state index is 13.7. The van der Waals surface area contributed by atoms with Gasteiger partial charge in [-0.2, -0.15) is 0 Å². The Morgan fingerprint density at radius 1 is 0.475 bits per heavy atom. The fourth-order valence-corrected chi connectivity index (χ4v) is 21.3. The van der Waals surface area contributed by atoms with Crippen molar-refractivity contribution in [2.24, 2.45) is 56.3 Å². The summed E-state index contributed by atoms with van der Waals surface area (Å²) in [7, 11) is 4.07.